The van der Waals surface area contributed by atoms with Crippen LogP contribution in [0.3, 0.4) is 0 Å². The minimum atomic E-state index is -0.580. The molecular formula is C14H21NO2S. The molecule has 1 fully saturated rings. The van der Waals surface area contributed by atoms with Gasteiger partial charge in [0.25, 0.3) is 0 Å². The zero-order chi connectivity index (χ0) is 13.2. The summed E-state index contributed by atoms with van der Waals surface area (Å²) in [5.74, 6) is -0.0632. The summed E-state index contributed by atoms with van der Waals surface area (Å²) in [6.45, 7) is 7.78. The largest absolute Gasteiger partial charge is 0.343 e. The Labute approximate surface area is 113 Å². The molecule has 1 aromatic heterocycles. The molecule has 100 valence electrons. The van der Waals surface area contributed by atoms with Gasteiger partial charge in [0.05, 0.1) is 18.2 Å². The average Bonchev–Trinajstić information content (AvgIpc) is 2.77. The zero-order valence-corrected chi connectivity index (χ0v) is 12.3. The van der Waals surface area contributed by atoms with Crippen molar-refractivity contribution in [1.82, 2.24) is 4.98 Å². The van der Waals surface area contributed by atoms with E-state index < -0.39 is 5.79 Å². The predicted octanol–water partition coefficient (Wildman–Crippen LogP) is 3.36. The maximum absolute atomic E-state index is 5.90. The second-order valence-corrected chi connectivity index (χ2v) is 5.89. The predicted molar refractivity (Wildman–Crippen MR) is 73.8 cm³/mol. The lowest BCUT2D eigenvalue weighted by Gasteiger charge is -2.29. The molecule has 0 aliphatic carbocycles. The summed E-state index contributed by atoms with van der Waals surface area (Å²) in [5.41, 5.74) is 2.23. The molecule has 1 saturated heterocycles. The Bertz CT molecular complexity index is 414. The molecule has 0 saturated carbocycles. The van der Waals surface area contributed by atoms with E-state index in [4.69, 9.17) is 9.47 Å². The van der Waals surface area contributed by atoms with Gasteiger partial charge in [-0.15, -0.1) is 11.8 Å². The minimum absolute atomic E-state index is 0.517. The van der Waals surface area contributed by atoms with Crippen molar-refractivity contribution in [2.24, 2.45) is 5.92 Å². The van der Waals surface area contributed by atoms with Crippen molar-refractivity contribution in [2.45, 2.75) is 38.0 Å². The number of aryl methyl sites for hydroxylation is 1. The second kappa shape index (κ2) is 5.59. The second-order valence-electron chi connectivity index (χ2n) is 5.10. The molecule has 0 radical (unpaired) electrons. The van der Waals surface area contributed by atoms with Crippen LogP contribution in [0, 0.1) is 12.8 Å². The highest BCUT2D eigenvalue weighted by atomic mass is 32.2. The lowest BCUT2D eigenvalue weighted by Crippen LogP contribution is -2.29. The van der Waals surface area contributed by atoms with Crippen molar-refractivity contribution < 1.29 is 9.47 Å². The van der Waals surface area contributed by atoms with Crippen molar-refractivity contribution in [1.29, 1.82) is 0 Å². The molecule has 1 aliphatic rings. The van der Waals surface area contributed by atoms with Crippen molar-refractivity contribution in [3.63, 3.8) is 0 Å². The number of pyridine rings is 1. The van der Waals surface area contributed by atoms with Gasteiger partial charge < -0.3 is 9.47 Å². The molecule has 0 amide bonds. The molecule has 3 nitrogen and oxygen atoms in total. The lowest BCUT2D eigenvalue weighted by atomic mass is 9.96. The molecule has 1 aromatic rings. The number of hydrogen-bond donors (Lipinski definition) is 0. The average molecular weight is 267 g/mol. The first-order valence-corrected chi connectivity index (χ1v) is 7.59. The fourth-order valence-corrected chi connectivity index (χ4v) is 2.92. The molecule has 0 bridgehead atoms. The van der Waals surface area contributed by atoms with Crippen LogP contribution in [0.15, 0.2) is 17.3 Å². The van der Waals surface area contributed by atoms with Crippen LogP contribution in [-0.4, -0.2) is 24.5 Å². The Balaban J connectivity index is 2.34. The van der Waals surface area contributed by atoms with Gasteiger partial charge in [0.2, 0.25) is 0 Å². The number of ether oxygens (including phenoxy) is 2. The van der Waals surface area contributed by atoms with Crippen LogP contribution in [0.25, 0.3) is 0 Å². The van der Waals surface area contributed by atoms with Gasteiger partial charge in [-0.2, -0.15) is 0 Å². The third-order valence-corrected chi connectivity index (χ3v) is 3.91. The molecule has 0 aromatic carbocycles. The molecule has 4 heteroatoms. The highest BCUT2D eigenvalue weighted by Gasteiger charge is 2.39. The van der Waals surface area contributed by atoms with E-state index in [0.717, 1.165) is 17.0 Å². The Morgan fingerprint density at radius 1 is 1.39 bits per heavy atom. The molecule has 2 rings (SSSR count). The third-order valence-electron chi connectivity index (χ3n) is 3.09. The Kier molecular flexibility index (Phi) is 4.30. The third kappa shape index (κ3) is 2.71. The van der Waals surface area contributed by atoms with Crippen LogP contribution < -0.4 is 0 Å². The van der Waals surface area contributed by atoms with E-state index in [9.17, 15) is 0 Å². The maximum atomic E-state index is 5.90. The number of rotatable bonds is 4. The summed E-state index contributed by atoms with van der Waals surface area (Å²) in [7, 11) is 0. The first-order valence-electron chi connectivity index (χ1n) is 6.36. The van der Waals surface area contributed by atoms with E-state index in [2.05, 4.69) is 31.8 Å². The van der Waals surface area contributed by atoms with Gasteiger partial charge in [0, 0.05) is 18.2 Å². The number of aromatic nitrogens is 1. The summed E-state index contributed by atoms with van der Waals surface area (Å²) in [6, 6.07) is 2.15. The first kappa shape index (κ1) is 13.8. The Morgan fingerprint density at radius 2 is 2.06 bits per heavy atom. The number of thioether (sulfide) groups is 1. The van der Waals surface area contributed by atoms with Crippen LogP contribution in [0.5, 0.6) is 0 Å². The normalized spacial score (nSPS) is 18.5. The quantitative estimate of drug-likeness (QED) is 0.783. The summed E-state index contributed by atoms with van der Waals surface area (Å²) in [6.07, 6.45) is 4.81. The van der Waals surface area contributed by atoms with Crippen molar-refractivity contribution >= 4 is 11.8 Å². The van der Waals surface area contributed by atoms with Gasteiger partial charge in [-0.1, -0.05) is 13.8 Å². The summed E-state index contributed by atoms with van der Waals surface area (Å²) >= 11 is 1.67. The number of hydrogen-bond acceptors (Lipinski definition) is 4. The van der Waals surface area contributed by atoms with Gasteiger partial charge in [0.1, 0.15) is 0 Å². The van der Waals surface area contributed by atoms with E-state index in [1.807, 2.05) is 12.5 Å². The lowest BCUT2D eigenvalue weighted by molar-refractivity contribution is -0.177. The standard InChI is InChI=1S/C14H21NO2S/c1-10(2)8-14(16-5-6-17-14)12-7-11(3)13(18-4)15-9-12/h7,9-10H,5-6,8H2,1-4H3. The summed E-state index contributed by atoms with van der Waals surface area (Å²) in [4.78, 5) is 4.50. The Hall–Kier alpha value is -0.580. The highest BCUT2D eigenvalue weighted by molar-refractivity contribution is 7.98. The highest BCUT2D eigenvalue weighted by Crippen LogP contribution is 2.38. The van der Waals surface area contributed by atoms with Crippen molar-refractivity contribution in [2.75, 3.05) is 19.5 Å². The van der Waals surface area contributed by atoms with Gasteiger partial charge in [-0.3, -0.25) is 0 Å². The molecule has 0 unspecified atom stereocenters. The van der Waals surface area contributed by atoms with Gasteiger partial charge in [-0.25, -0.2) is 4.98 Å². The fourth-order valence-electron chi connectivity index (χ4n) is 2.38. The van der Waals surface area contributed by atoms with E-state index in [0.29, 0.717) is 19.1 Å². The number of nitrogens with zero attached hydrogens (tertiary/aromatic N) is 1. The minimum Gasteiger partial charge on any atom is -0.343 e. The monoisotopic (exact) mass is 267 g/mol. The van der Waals surface area contributed by atoms with Crippen LogP contribution in [0.2, 0.25) is 0 Å². The topological polar surface area (TPSA) is 31.4 Å². The molecule has 0 atom stereocenters. The summed E-state index contributed by atoms with van der Waals surface area (Å²) in [5, 5.41) is 1.07. The van der Waals surface area contributed by atoms with E-state index in [1.54, 1.807) is 11.8 Å². The van der Waals surface area contributed by atoms with Crippen molar-refractivity contribution in [3.05, 3.63) is 23.4 Å². The smallest absolute Gasteiger partial charge is 0.196 e. The molecule has 18 heavy (non-hydrogen) atoms. The SMILES string of the molecule is CSc1ncc(C2(CC(C)C)OCCO2)cc1C. The fraction of sp³-hybridized carbons (Fsp3) is 0.643. The van der Waals surface area contributed by atoms with Crippen molar-refractivity contribution in [3.8, 4) is 0 Å². The first-order chi connectivity index (χ1) is 8.57. The van der Waals surface area contributed by atoms with Crippen LogP contribution in [0.4, 0.5) is 0 Å². The Morgan fingerprint density at radius 3 is 2.56 bits per heavy atom. The maximum Gasteiger partial charge on any atom is 0.196 e. The zero-order valence-electron chi connectivity index (χ0n) is 11.5. The van der Waals surface area contributed by atoms with Crippen LogP contribution in [-0.2, 0) is 15.3 Å². The molecule has 2 heterocycles. The van der Waals surface area contributed by atoms with E-state index >= 15 is 0 Å². The summed E-state index contributed by atoms with van der Waals surface area (Å²) < 4.78 is 11.8. The molecular weight excluding hydrogens is 246 g/mol. The van der Waals surface area contributed by atoms with Gasteiger partial charge >= 0.3 is 0 Å². The van der Waals surface area contributed by atoms with Gasteiger partial charge in [0.15, 0.2) is 5.79 Å². The van der Waals surface area contributed by atoms with Crippen LogP contribution in [0.1, 0.15) is 31.4 Å². The van der Waals surface area contributed by atoms with Gasteiger partial charge in [-0.05, 0) is 30.7 Å². The van der Waals surface area contributed by atoms with E-state index in [-0.39, 0.29) is 0 Å². The molecule has 0 N–H and O–H groups in total. The molecule has 0 spiro atoms. The van der Waals surface area contributed by atoms with Crippen LogP contribution >= 0.6 is 11.8 Å². The van der Waals surface area contributed by atoms with E-state index in [1.165, 1.54) is 5.56 Å². The molecule has 1 aliphatic heterocycles.